The van der Waals surface area contributed by atoms with Crippen LogP contribution in [0, 0.1) is 13.8 Å². The van der Waals surface area contributed by atoms with Crippen LogP contribution in [-0.4, -0.2) is 18.3 Å². The number of aryl methyl sites for hydroxylation is 2. The molecule has 0 atom stereocenters. The van der Waals surface area contributed by atoms with Gasteiger partial charge in [-0.1, -0.05) is 6.07 Å². The van der Waals surface area contributed by atoms with E-state index in [1.807, 2.05) is 6.20 Å². The maximum absolute atomic E-state index is 4.75. The van der Waals surface area contributed by atoms with E-state index in [1.54, 1.807) is 4.40 Å². The van der Waals surface area contributed by atoms with E-state index in [0.29, 0.717) is 0 Å². The predicted octanol–water partition coefficient (Wildman–Crippen LogP) is 6.73. The molecule has 0 amide bonds. The van der Waals surface area contributed by atoms with Crippen molar-refractivity contribution in [1.29, 1.82) is 0 Å². The molecule has 0 aliphatic heterocycles. The number of aromatic nitrogens is 1. The summed E-state index contributed by atoms with van der Waals surface area (Å²) in [5, 5.41) is 2.57. The van der Waals surface area contributed by atoms with E-state index in [4.69, 9.17) is 4.98 Å². The van der Waals surface area contributed by atoms with Crippen molar-refractivity contribution in [2.45, 2.75) is 31.1 Å². The second-order valence-corrected chi connectivity index (χ2v) is 19.4. The summed E-state index contributed by atoms with van der Waals surface area (Å²) >= 11 is -1.78. The van der Waals surface area contributed by atoms with Crippen molar-refractivity contribution in [3.05, 3.63) is 84.1 Å². The topological polar surface area (TPSA) is 12.9 Å². The molecule has 0 unspecified atom stereocenters. The number of hydrogen-bond donors (Lipinski definition) is 0. The van der Waals surface area contributed by atoms with Crippen molar-refractivity contribution in [3.63, 3.8) is 0 Å². The van der Waals surface area contributed by atoms with E-state index < -0.39 is 13.3 Å². The van der Waals surface area contributed by atoms with Gasteiger partial charge in [0.25, 0.3) is 0 Å². The van der Waals surface area contributed by atoms with Gasteiger partial charge in [0, 0.05) is 0 Å². The molecule has 1 nitrogen and oxygen atoms in total. The minimum atomic E-state index is -1.78. The Hall–Kier alpha value is -2.39. The van der Waals surface area contributed by atoms with E-state index in [2.05, 4.69) is 97.8 Å². The number of nitrogens with zero attached hydrogens (tertiary/aromatic N) is 1. The molecule has 2 heteroatoms. The van der Waals surface area contributed by atoms with Gasteiger partial charge in [-0.3, -0.25) is 0 Å². The molecular formula is C26H27GeN. The van der Waals surface area contributed by atoms with Crippen molar-refractivity contribution in [2.24, 2.45) is 0 Å². The van der Waals surface area contributed by atoms with Gasteiger partial charge >= 0.3 is 165 Å². The van der Waals surface area contributed by atoms with Crippen LogP contribution >= 0.6 is 0 Å². The monoisotopic (exact) mass is 427 g/mol. The fourth-order valence-electron chi connectivity index (χ4n) is 3.79. The van der Waals surface area contributed by atoms with Gasteiger partial charge in [0.2, 0.25) is 0 Å². The standard InChI is InChI=1S/C26H27GeN/c1-18-14-22(15-21-8-6-7-9-24(18)21)26-16-25(19(2)17-28-26)20-10-12-23(13-11-20)27(3,4)5/h6-17H,1-5H3. The number of fused-ring (bicyclic) bond motifs is 1. The fourth-order valence-corrected chi connectivity index (χ4v) is 6.24. The molecule has 0 spiro atoms. The zero-order valence-corrected chi connectivity index (χ0v) is 19.5. The van der Waals surface area contributed by atoms with Crippen molar-refractivity contribution >= 4 is 28.4 Å². The Bertz CT molecular complexity index is 1150. The van der Waals surface area contributed by atoms with Crippen LogP contribution in [0.25, 0.3) is 33.2 Å². The molecule has 3 aromatic carbocycles. The molecule has 0 aliphatic rings. The number of hydrogen-bond acceptors (Lipinski definition) is 1. The summed E-state index contributed by atoms with van der Waals surface area (Å²) in [5.41, 5.74) is 7.26. The van der Waals surface area contributed by atoms with Crippen LogP contribution in [0.1, 0.15) is 11.1 Å². The summed E-state index contributed by atoms with van der Waals surface area (Å²) in [6.07, 6.45) is 2.00. The van der Waals surface area contributed by atoms with Crippen LogP contribution in [0.5, 0.6) is 0 Å². The molecule has 28 heavy (non-hydrogen) atoms. The zero-order chi connectivity index (χ0) is 19.9. The van der Waals surface area contributed by atoms with Gasteiger partial charge in [0.15, 0.2) is 0 Å². The summed E-state index contributed by atoms with van der Waals surface area (Å²) in [4.78, 5) is 4.75. The Kier molecular flexibility index (Phi) is 4.88. The first-order valence-electron chi connectivity index (χ1n) is 9.90. The summed E-state index contributed by atoms with van der Waals surface area (Å²) in [5.74, 6) is 7.31. The minimum absolute atomic E-state index is 1.03. The van der Waals surface area contributed by atoms with Gasteiger partial charge < -0.3 is 0 Å². The Morgan fingerprint density at radius 1 is 0.714 bits per heavy atom. The van der Waals surface area contributed by atoms with Gasteiger partial charge in [-0.25, -0.2) is 0 Å². The molecule has 0 radical (unpaired) electrons. The fraction of sp³-hybridized carbons (Fsp3) is 0.192. The summed E-state index contributed by atoms with van der Waals surface area (Å²) < 4.78 is 1.54. The molecule has 0 fully saturated rings. The number of pyridine rings is 1. The molecule has 0 N–H and O–H groups in total. The third kappa shape index (κ3) is 3.64. The van der Waals surface area contributed by atoms with E-state index in [1.165, 1.54) is 38.6 Å². The van der Waals surface area contributed by atoms with Crippen molar-refractivity contribution in [1.82, 2.24) is 4.98 Å². The molecule has 140 valence electrons. The van der Waals surface area contributed by atoms with Gasteiger partial charge in [-0.2, -0.15) is 0 Å². The van der Waals surface area contributed by atoms with Crippen LogP contribution < -0.4 is 4.40 Å². The van der Waals surface area contributed by atoms with Crippen LogP contribution in [0.4, 0.5) is 0 Å². The summed E-state index contributed by atoms with van der Waals surface area (Å²) in [7, 11) is 0. The average molecular weight is 426 g/mol. The van der Waals surface area contributed by atoms with Gasteiger partial charge in [-0.15, -0.1) is 0 Å². The zero-order valence-electron chi connectivity index (χ0n) is 17.4. The van der Waals surface area contributed by atoms with Crippen LogP contribution in [-0.2, 0) is 0 Å². The second-order valence-electron chi connectivity index (χ2n) is 8.73. The molecule has 0 bridgehead atoms. The second kappa shape index (κ2) is 7.21. The van der Waals surface area contributed by atoms with Gasteiger partial charge in [0.05, 0.1) is 0 Å². The average Bonchev–Trinajstić information content (AvgIpc) is 2.68. The quantitative estimate of drug-likeness (QED) is 0.331. The van der Waals surface area contributed by atoms with E-state index in [-0.39, 0.29) is 0 Å². The number of rotatable bonds is 3. The van der Waals surface area contributed by atoms with Crippen LogP contribution in [0.2, 0.25) is 17.3 Å². The van der Waals surface area contributed by atoms with Gasteiger partial charge in [-0.05, 0) is 0 Å². The number of benzene rings is 3. The van der Waals surface area contributed by atoms with Crippen molar-refractivity contribution < 1.29 is 0 Å². The molecule has 1 heterocycles. The van der Waals surface area contributed by atoms with Crippen molar-refractivity contribution in [2.75, 3.05) is 0 Å². The van der Waals surface area contributed by atoms with Crippen LogP contribution in [0.15, 0.2) is 72.9 Å². The normalized spacial score (nSPS) is 11.8. The molecule has 4 rings (SSSR count). The molecular weight excluding hydrogens is 399 g/mol. The maximum atomic E-state index is 4.75. The molecule has 4 aromatic rings. The Labute approximate surface area is 170 Å². The summed E-state index contributed by atoms with van der Waals surface area (Å²) in [6, 6.07) is 24.5. The Morgan fingerprint density at radius 2 is 1.43 bits per heavy atom. The van der Waals surface area contributed by atoms with Gasteiger partial charge in [0.1, 0.15) is 0 Å². The van der Waals surface area contributed by atoms with E-state index >= 15 is 0 Å². The third-order valence-electron chi connectivity index (χ3n) is 5.53. The first-order chi connectivity index (χ1) is 13.3. The van der Waals surface area contributed by atoms with E-state index in [9.17, 15) is 0 Å². The molecule has 0 saturated heterocycles. The van der Waals surface area contributed by atoms with Crippen LogP contribution in [0.3, 0.4) is 0 Å². The van der Waals surface area contributed by atoms with Crippen molar-refractivity contribution in [3.8, 4) is 22.4 Å². The first-order valence-corrected chi connectivity index (χ1v) is 17.2. The third-order valence-corrected chi connectivity index (χ3v) is 9.86. The summed E-state index contributed by atoms with van der Waals surface area (Å²) in [6.45, 7) is 4.32. The predicted molar refractivity (Wildman–Crippen MR) is 125 cm³/mol. The molecule has 0 saturated carbocycles. The van der Waals surface area contributed by atoms with E-state index in [0.717, 1.165) is 5.69 Å². The Balaban J connectivity index is 1.80. The SMILES string of the molecule is Cc1cnc(-c2cc(C)c3ccccc3c2)cc1-c1cc[c]([Ge]([CH3])([CH3])[CH3])cc1. The molecule has 0 aliphatic carbocycles. The Morgan fingerprint density at radius 3 is 2.14 bits per heavy atom. The molecule has 1 aromatic heterocycles. The first kappa shape index (κ1) is 19.0.